The normalized spacial score (nSPS) is 10.7. The van der Waals surface area contributed by atoms with E-state index in [0.29, 0.717) is 37.5 Å². The number of carbonyl (C=O) groups is 2. The maximum Gasteiger partial charge on any atom is 0.254 e. The van der Waals surface area contributed by atoms with Crippen molar-refractivity contribution in [3.8, 4) is 5.75 Å². The van der Waals surface area contributed by atoms with Crippen molar-refractivity contribution < 1.29 is 18.7 Å². The fraction of sp³-hybridized carbons (Fsp3) is 0.250. The Bertz CT molecular complexity index is 1370. The third kappa shape index (κ3) is 7.57. The number of methoxy groups -OCH3 is 1. The maximum absolute atomic E-state index is 13.8. The summed E-state index contributed by atoms with van der Waals surface area (Å²) in [7, 11) is 1.56. The fourth-order valence-corrected chi connectivity index (χ4v) is 4.49. The van der Waals surface area contributed by atoms with Crippen molar-refractivity contribution in [2.75, 3.05) is 20.2 Å². The molecular weight excluding hydrogens is 493 g/mol. The molecule has 7 heteroatoms. The Labute approximate surface area is 229 Å². The van der Waals surface area contributed by atoms with Crippen LogP contribution in [-0.2, 0) is 24.4 Å². The van der Waals surface area contributed by atoms with Gasteiger partial charge in [0.2, 0.25) is 5.91 Å². The molecule has 0 N–H and O–H groups in total. The number of aromatic nitrogens is 1. The van der Waals surface area contributed by atoms with Crippen LogP contribution in [0.15, 0.2) is 97.2 Å². The van der Waals surface area contributed by atoms with Crippen LogP contribution in [0.2, 0.25) is 0 Å². The predicted octanol–water partition coefficient (Wildman–Crippen LogP) is 5.77. The summed E-state index contributed by atoms with van der Waals surface area (Å²) in [5.41, 5.74) is 3.40. The van der Waals surface area contributed by atoms with Crippen LogP contribution >= 0.6 is 0 Å². The van der Waals surface area contributed by atoms with Gasteiger partial charge in [-0.3, -0.25) is 9.59 Å². The van der Waals surface area contributed by atoms with E-state index in [-0.39, 0.29) is 24.2 Å². The zero-order chi connectivity index (χ0) is 27.6. The maximum atomic E-state index is 13.8. The molecule has 0 unspecified atom stereocenters. The first kappa shape index (κ1) is 27.6. The van der Waals surface area contributed by atoms with Crippen molar-refractivity contribution in [2.24, 2.45) is 0 Å². The van der Waals surface area contributed by atoms with Crippen LogP contribution in [0.3, 0.4) is 0 Å². The summed E-state index contributed by atoms with van der Waals surface area (Å²) >= 11 is 0. The molecule has 0 saturated carbocycles. The van der Waals surface area contributed by atoms with E-state index < -0.39 is 0 Å². The van der Waals surface area contributed by atoms with E-state index in [0.717, 1.165) is 23.2 Å². The average Bonchev–Trinajstić information content (AvgIpc) is 3.40. The molecule has 2 amide bonds. The second kappa shape index (κ2) is 13.4. The molecule has 0 atom stereocenters. The van der Waals surface area contributed by atoms with Gasteiger partial charge >= 0.3 is 0 Å². The average molecular weight is 528 g/mol. The van der Waals surface area contributed by atoms with E-state index in [1.807, 2.05) is 55.6 Å². The summed E-state index contributed by atoms with van der Waals surface area (Å²) < 4.78 is 20.7. The van der Waals surface area contributed by atoms with Gasteiger partial charge in [0, 0.05) is 37.1 Å². The van der Waals surface area contributed by atoms with Crippen LogP contribution in [0.25, 0.3) is 0 Å². The summed E-state index contributed by atoms with van der Waals surface area (Å²) in [6.07, 6.45) is 2.68. The molecular formula is C32H34FN3O3. The van der Waals surface area contributed by atoms with Gasteiger partial charge in [-0.15, -0.1) is 0 Å². The smallest absolute Gasteiger partial charge is 0.254 e. The number of nitrogens with zero attached hydrogens (tertiary/aromatic N) is 3. The topological polar surface area (TPSA) is 54.8 Å². The van der Waals surface area contributed by atoms with Gasteiger partial charge in [-0.2, -0.15) is 0 Å². The second-order valence-corrected chi connectivity index (χ2v) is 9.45. The molecule has 0 aliphatic carbocycles. The first-order valence-electron chi connectivity index (χ1n) is 13.1. The van der Waals surface area contributed by atoms with E-state index in [1.54, 1.807) is 53.3 Å². The number of hydrogen-bond acceptors (Lipinski definition) is 3. The van der Waals surface area contributed by atoms with E-state index in [9.17, 15) is 14.0 Å². The van der Waals surface area contributed by atoms with Gasteiger partial charge < -0.3 is 19.1 Å². The summed E-state index contributed by atoms with van der Waals surface area (Å²) in [5.74, 6) is -0.0241. The van der Waals surface area contributed by atoms with Gasteiger partial charge in [-0.25, -0.2) is 4.39 Å². The minimum atomic E-state index is -0.272. The van der Waals surface area contributed by atoms with Gasteiger partial charge in [-0.1, -0.05) is 55.5 Å². The van der Waals surface area contributed by atoms with Gasteiger partial charge in [-0.05, 0) is 60.0 Å². The predicted molar refractivity (Wildman–Crippen MR) is 150 cm³/mol. The monoisotopic (exact) mass is 527 g/mol. The number of benzene rings is 3. The second-order valence-electron chi connectivity index (χ2n) is 9.45. The Balaban J connectivity index is 1.55. The van der Waals surface area contributed by atoms with E-state index in [4.69, 9.17) is 4.74 Å². The molecule has 0 spiro atoms. The molecule has 0 radical (unpaired) electrons. The molecule has 4 rings (SSSR count). The van der Waals surface area contributed by atoms with Gasteiger partial charge in [0.1, 0.15) is 18.1 Å². The van der Waals surface area contributed by atoms with Crippen molar-refractivity contribution in [3.63, 3.8) is 0 Å². The molecule has 0 aliphatic rings. The Morgan fingerprint density at radius 3 is 2.33 bits per heavy atom. The lowest BCUT2D eigenvalue weighted by atomic mass is 10.1. The summed E-state index contributed by atoms with van der Waals surface area (Å²) in [4.78, 5) is 30.6. The number of rotatable bonds is 12. The van der Waals surface area contributed by atoms with Crippen molar-refractivity contribution in [2.45, 2.75) is 33.0 Å². The van der Waals surface area contributed by atoms with E-state index in [2.05, 4.69) is 4.57 Å². The van der Waals surface area contributed by atoms with E-state index in [1.165, 1.54) is 12.1 Å². The largest absolute Gasteiger partial charge is 0.497 e. The van der Waals surface area contributed by atoms with Crippen LogP contribution in [0.1, 0.15) is 40.5 Å². The number of halogens is 1. The van der Waals surface area contributed by atoms with Crippen molar-refractivity contribution in [1.82, 2.24) is 14.4 Å². The van der Waals surface area contributed by atoms with Crippen molar-refractivity contribution >= 4 is 11.8 Å². The molecule has 202 valence electrons. The first-order valence-corrected chi connectivity index (χ1v) is 13.1. The molecule has 0 aliphatic heterocycles. The lowest BCUT2D eigenvalue weighted by molar-refractivity contribution is -0.133. The third-order valence-electron chi connectivity index (χ3n) is 6.54. The Morgan fingerprint density at radius 2 is 1.62 bits per heavy atom. The highest BCUT2D eigenvalue weighted by atomic mass is 19.1. The molecule has 0 fully saturated rings. The zero-order valence-corrected chi connectivity index (χ0v) is 22.4. The Kier molecular flexibility index (Phi) is 9.51. The SMILES string of the molecule is CCCN(CC(=O)N(Cc1ccccc1)Cc1cccn1Cc1ccc(F)cc1)C(=O)c1cccc(OC)c1. The lowest BCUT2D eigenvalue weighted by Gasteiger charge is -2.28. The van der Waals surface area contributed by atoms with E-state index >= 15 is 0 Å². The van der Waals surface area contributed by atoms with Crippen LogP contribution < -0.4 is 4.74 Å². The molecule has 0 saturated heterocycles. The molecule has 0 bridgehead atoms. The highest BCUT2D eigenvalue weighted by Gasteiger charge is 2.23. The molecule has 6 nitrogen and oxygen atoms in total. The number of ether oxygens (including phenoxy) is 1. The number of carbonyl (C=O) groups excluding carboxylic acids is 2. The van der Waals surface area contributed by atoms with Crippen LogP contribution in [0, 0.1) is 5.82 Å². The third-order valence-corrected chi connectivity index (χ3v) is 6.54. The Morgan fingerprint density at radius 1 is 0.846 bits per heavy atom. The number of amides is 2. The van der Waals surface area contributed by atoms with Crippen LogP contribution in [-0.4, -0.2) is 46.4 Å². The minimum absolute atomic E-state index is 0.0324. The summed E-state index contributed by atoms with van der Waals surface area (Å²) in [6, 6.07) is 27.2. The zero-order valence-electron chi connectivity index (χ0n) is 22.4. The first-order chi connectivity index (χ1) is 19.0. The Hall–Kier alpha value is -4.39. The molecule has 39 heavy (non-hydrogen) atoms. The lowest BCUT2D eigenvalue weighted by Crippen LogP contribution is -2.43. The minimum Gasteiger partial charge on any atom is -0.497 e. The van der Waals surface area contributed by atoms with Gasteiger partial charge in [0.05, 0.1) is 13.7 Å². The standard InChI is InChI=1S/C32H34FN3O3/c1-3-18-35(32(38)27-11-7-13-30(20-27)39-2)24-31(37)36(22-25-9-5-4-6-10-25)23-29-12-8-19-34(29)21-26-14-16-28(33)17-15-26/h4-17,19-20H,3,18,21-24H2,1-2H3. The van der Waals surface area contributed by atoms with Crippen LogP contribution in [0.5, 0.6) is 5.75 Å². The molecule has 4 aromatic rings. The highest BCUT2D eigenvalue weighted by molar-refractivity contribution is 5.96. The number of hydrogen-bond donors (Lipinski definition) is 0. The van der Waals surface area contributed by atoms with Crippen molar-refractivity contribution in [1.29, 1.82) is 0 Å². The fourth-order valence-electron chi connectivity index (χ4n) is 4.49. The van der Waals surface area contributed by atoms with Crippen LogP contribution in [0.4, 0.5) is 4.39 Å². The summed E-state index contributed by atoms with van der Waals surface area (Å²) in [6.45, 7) is 3.76. The van der Waals surface area contributed by atoms with Gasteiger partial charge in [0.15, 0.2) is 0 Å². The molecule has 1 aromatic heterocycles. The molecule has 1 heterocycles. The van der Waals surface area contributed by atoms with Crippen molar-refractivity contribution in [3.05, 3.63) is 125 Å². The van der Waals surface area contributed by atoms with Gasteiger partial charge in [0.25, 0.3) is 5.91 Å². The quantitative estimate of drug-likeness (QED) is 0.235. The molecule has 3 aromatic carbocycles. The highest BCUT2D eigenvalue weighted by Crippen LogP contribution is 2.17. The summed E-state index contributed by atoms with van der Waals surface area (Å²) in [5, 5.41) is 0.